The summed E-state index contributed by atoms with van der Waals surface area (Å²) in [4.78, 5) is 14.7. The topological polar surface area (TPSA) is 41.6 Å². The van der Waals surface area contributed by atoms with Gasteiger partial charge < -0.3 is 15.0 Å². The van der Waals surface area contributed by atoms with Crippen molar-refractivity contribution in [1.82, 2.24) is 10.2 Å². The van der Waals surface area contributed by atoms with Crippen LogP contribution >= 0.6 is 0 Å². The number of amides is 1. The molecule has 0 aliphatic heterocycles. The van der Waals surface area contributed by atoms with Crippen LogP contribution in [0.1, 0.15) is 51.5 Å². The molecule has 1 N–H and O–H groups in total. The summed E-state index contributed by atoms with van der Waals surface area (Å²) in [6.45, 7) is 4.63. The summed E-state index contributed by atoms with van der Waals surface area (Å²) < 4.78 is 5.78. The predicted molar refractivity (Wildman–Crippen MR) is 98.4 cm³/mol. The second-order valence-electron chi connectivity index (χ2n) is 7.15. The van der Waals surface area contributed by atoms with Crippen LogP contribution in [-0.2, 0) is 11.2 Å². The fourth-order valence-electron chi connectivity index (χ4n) is 3.45. The number of hydrogen-bond acceptors (Lipinski definition) is 3. The number of rotatable bonds is 7. The monoisotopic (exact) mass is 332 g/mol. The molecule has 0 heterocycles. The van der Waals surface area contributed by atoms with Gasteiger partial charge in [0.25, 0.3) is 5.91 Å². The fraction of sp³-hybridized carbons (Fsp3) is 0.650. The van der Waals surface area contributed by atoms with Crippen molar-refractivity contribution in [2.24, 2.45) is 0 Å². The zero-order chi connectivity index (χ0) is 17.6. The van der Waals surface area contributed by atoms with Gasteiger partial charge in [0.15, 0.2) is 6.10 Å². The Morgan fingerprint density at radius 3 is 2.38 bits per heavy atom. The highest BCUT2D eigenvalue weighted by atomic mass is 16.5. The van der Waals surface area contributed by atoms with Crippen LogP contribution in [0.5, 0.6) is 5.75 Å². The van der Waals surface area contributed by atoms with Crippen LogP contribution in [0.15, 0.2) is 24.3 Å². The predicted octanol–water partition coefficient (Wildman–Crippen LogP) is 3.40. The number of carbonyl (C=O) groups is 1. The van der Waals surface area contributed by atoms with Gasteiger partial charge in [0.1, 0.15) is 5.75 Å². The summed E-state index contributed by atoms with van der Waals surface area (Å²) in [5.74, 6) is 0.705. The van der Waals surface area contributed by atoms with E-state index in [4.69, 9.17) is 4.74 Å². The molecule has 4 nitrogen and oxygen atoms in total. The van der Waals surface area contributed by atoms with Gasteiger partial charge in [0.05, 0.1) is 0 Å². The Bertz CT molecular complexity index is 519. The van der Waals surface area contributed by atoms with Gasteiger partial charge in [-0.3, -0.25) is 4.79 Å². The highest BCUT2D eigenvalue weighted by Gasteiger charge is 2.34. The molecule has 1 aliphatic carbocycles. The molecule has 1 unspecified atom stereocenters. The van der Waals surface area contributed by atoms with E-state index < -0.39 is 6.10 Å². The van der Waals surface area contributed by atoms with E-state index in [-0.39, 0.29) is 11.4 Å². The molecule has 4 heteroatoms. The SMILES string of the molecule is CCc1ccc(OC(C)C(=O)NCC2(N(C)C)CCCCC2)cc1. The molecule has 0 spiro atoms. The number of nitrogens with one attached hydrogen (secondary N) is 1. The smallest absolute Gasteiger partial charge is 0.260 e. The Morgan fingerprint density at radius 1 is 1.21 bits per heavy atom. The summed E-state index contributed by atoms with van der Waals surface area (Å²) in [7, 11) is 4.24. The molecule has 1 saturated carbocycles. The maximum Gasteiger partial charge on any atom is 0.260 e. The van der Waals surface area contributed by atoms with Crippen molar-refractivity contribution in [1.29, 1.82) is 0 Å². The minimum atomic E-state index is -0.486. The first kappa shape index (κ1) is 18.8. The average molecular weight is 332 g/mol. The zero-order valence-electron chi connectivity index (χ0n) is 15.6. The molecule has 0 saturated heterocycles. The Balaban J connectivity index is 1.88. The largest absolute Gasteiger partial charge is 0.481 e. The first-order chi connectivity index (χ1) is 11.5. The third-order valence-electron chi connectivity index (χ3n) is 5.34. The van der Waals surface area contributed by atoms with Crippen molar-refractivity contribution in [2.45, 2.75) is 64.0 Å². The second-order valence-corrected chi connectivity index (χ2v) is 7.15. The van der Waals surface area contributed by atoms with Crippen LogP contribution in [0.3, 0.4) is 0 Å². The van der Waals surface area contributed by atoms with Crippen molar-refractivity contribution in [3.63, 3.8) is 0 Å². The van der Waals surface area contributed by atoms with E-state index in [0.717, 1.165) is 25.0 Å². The molecular weight excluding hydrogens is 300 g/mol. The lowest BCUT2D eigenvalue weighted by Crippen LogP contribution is -2.55. The van der Waals surface area contributed by atoms with Crippen molar-refractivity contribution in [3.05, 3.63) is 29.8 Å². The summed E-state index contributed by atoms with van der Waals surface area (Å²) in [6, 6.07) is 7.96. The third-order valence-corrected chi connectivity index (χ3v) is 5.34. The fourth-order valence-corrected chi connectivity index (χ4v) is 3.45. The lowest BCUT2D eigenvalue weighted by molar-refractivity contribution is -0.128. The summed E-state index contributed by atoms with van der Waals surface area (Å²) in [5, 5.41) is 3.11. The molecule has 1 atom stereocenters. The molecule has 1 fully saturated rings. The number of aryl methyl sites for hydroxylation is 1. The average Bonchev–Trinajstić information content (AvgIpc) is 2.61. The normalized spacial score (nSPS) is 18.2. The van der Waals surface area contributed by atoms with Gasteiger partial charge in [0.2, 0.25) is 0 Å². The van der Waals surface area contributed by atoms with Crippen molar-refractivity contribution < 1.29 is 9.53 Å². The van der Waals surface area contributed by atoms with Gasteiger partial charge in [0, 0.05) is 12.1 Å². The zero-order valence-corrected chi connectivity index (χ0v) is 15.6. The minimum absolute atomic E-state index is 0.0404. The van der Waals surface area contributed by atoms with E-state index in [0.29, 0.717) is 6.54 Å². The minimum Gasteiger partial charge on any atom is -0.481 e. The third kappa shape index (κ3) is 4.73. The standard InChI is InChI=1S/C20H32N2O2/c1-5-17-9-11-18(12-10-17)24-16(2)19(23)21-15-20(22(3)4)13-7-6-8-14-20/h9-12,16H,5-8,13-15H2,1-4H3,(H,21,23). The maximum atomic E-state index is 12.4. The van der Waals surface area contributed by atoms with Crippen LogP contribution in [0, 0.1) is 0 Å². The second kappa shape index (κ2) is 8.52. The summed E-state index contributed by atoms with van der Waals surface area (Å²) in [6.07, 6.45) is 6.59. The van der Waals surface area contributed by atoms with Crippen LogP contribution < -0.4 is 10.1 Å². The number of hydrogen-bond donors (Lipinski definition) is 1. The van der Waals surface area contributed by atoms with Crippen LogP contribution in [0.4, 0.5) is 0 Å². The molecule has 24 heavy (non-hydrogen) atoms. The molecule has 0 aromatic heterocycles. The molecule has 0 bridgehead atoms. The molecule has 1 aliphatic rings. The Morgan fingerprint density at radius 2 is 1.83 bits per heavy atom. The van der Waals surface area contributed by atoms with Gasteiger partial charge in [-0.15, -0.1) is 0 Å². The quantitative estimate of drug-likeness (QED) is 0.832. The lowest BCUT2D eigenvalue weighted by atomic mass is 9.80. The number of benzene rings is 1. The first-order valence-electron chi connectivity index (χ1n) is 9.17. The molecule has 0 radical (unpaired) electrons. The number of nitrogens with zero attached hydrogens (tertiary/aromatic N) is 1. The highest BCUT2D eigenvalue weighted by Crippen LogP contribution is 2.31. The van der Waals surface area contributed by atoms with Gasteiger partial charge >= 0.3 is 0 Å². The first-order valence-corrected chi connectivity index (χ1v) is 9.17. The lowest BCUT2D eigenvalue weighted by Gasteiger charge is -2.43. The summed E-state index contributed by atoms with van der Waals surface area (Å²) in [5.41, 5.74) is 1.36. The van der Waals surface area contributed by atoms with Gasteiger partial charge in [-0.1, -0.05) is 38.3 Å². The van der Waals surface area contributed by atoms with Crippen LogP contribution in [0.2, 0.25) is 0 Å². The van der Waals surface area contributed by atoms with E-state index >= 15 is 0 Å². The van der Waals surface area contributed by atoms with Crippen molar-refractivity contribution >= 4 is 5.91 Å². The number of likely N-dealkylation sites (N-methyl/N-ethyl adjacent to an activating group) is 1. The van der Waals surface area contributed by atoms with Crippen LogP contribution in [-0.4, -0.2) is 43.1 Å². The number of ether oxygens (including phenoxy) is 1. The van der Waals surface area contributed by atoms with Crippen molar-refractivity contribution in [3.8, 4) is 5.75 Å². The van der Waals surface area contributed by atoms with Gasteiger partial charge in [-0.25, -0.2) is 0 Å². The molecule has 1 aromatic carbocycles. The Labute approximate surface area is 146 Å². The van der Waals surface area contributed by atoms with Gasteiger partial charge in [-0.2, -0.15) is 0 Å². The van der Waals surface area contributed by atoms with E-state index in [1.807, 2.05) is 31.2 Å². The molecule has 134 valence electrons. The number of carbonyl (C=O) groups excluding carboxylic acids is 1. The Hall–Kier alpha value is -1.55. The molecule has 1 aromatic rings. The molecule has 2 rings (SSSR count). The highest BCUT2D eigenvalue weighted by molar-refractivity contribution is 5.80. The van der Waals surface area contributed by atoms with E-state index in [1.165, 1.54) is 24.8 Å². The van der Waals surface area contributed by atoms with Crippen molar-refractivity contribution in [2.75, 3.05) is 20.6 Å². The molecule has 1 amide bonds. The van der Waals surface area contributed by atoms with E-state index in [1.54, 1.807) is 0 Å². The molecular formula is C20H32N2O2. The van der Waals surface area contributed by atoms with Crippen LogP contribution in [0.25, 0.3) is 0 Å². The van der Waals surface area contributed by atoms with Gasteiger partial charge in [-0.05, 0) is 58.0 Å². The maximum absolute atomic E-state index is 12.4. The Kier molecular flexibility index (Phi) is 6.67. The van der Waals surface area contributed by atoms with E-state index in [2.05, 4.69) is 31.2 Å². The summed E-state index contributed by atoms with van der Waals surface area (Å²) >= 11 is 0. The van der Waals surface area contributed by atoms with E-state index in [9.17, 15) is 4.79 Å².